The normalized spacial score (nSPS) is 11.1. The minimum atomic E-state index is -0.340. The summed E-state index contributed by atoms with van der Waals surface area (Å²) < 4.78 is 7.32. The zero-order valence-electron chi connectivity index (χ0n) is 20.0. The molecule has 9 heteroatoms. The molecule has 38 heavy (non-hydrogen) atoms. The number of nitrogens with one attached hydrogen (secondary N) is 1. The third kappa shape index (κ3) is 6.11. The molecule has 1 amide bonds. The fourth-order valence-corrected chi connectivity index (χ4v) is 4.58. The number of para-hydroxylation sites is 2. The molecule has 1 heterocycles. The topological polar surface area (TPSA) is 85.6 Å². The van der Waals surface area contributed by atoms with E-state index in [0.29, 0.717) is 32.5 Å². The van der Waals surface area contributed by atoms with Gasteiger partial charge in [0, 0.05) is 5.02 Å². The van der Waals surface area contributed by atoms with Gasteiger partial charge in [0.2, 0.25) is 0 Å². The van der Waals surface area contributed by atoms with E-state index in [4.69, 9.17) is 16.3 Å². The molecule has 0 saturated carbocycles. The Bertz CT molecular complexity index is 1670. The lowest BCUT2D eigenvalue weighted by atomic mass is 10.2. The van der Waals surface area contributed by atoms with Crippen LogP contribution in [0.25, 0.3) is 16.6 Å². The van der Waals surface area contributed by atoms with Crippen LogP contribution >= 0.6 is 23.4 Å². The third-order valence-corrected chi connectivity index (χ3v) is 6.59. The fourth-order valence-electron chi connectivity index (χ4n) is 3.65. The number of hydrogen-bond acceptors (Lipinski definition) is 6. The molecule has 7 nitrogen and oxygen atoms in total. The second kappa shape index (κ2) is 11.8. The molecule has 0 atom stereocenters. The molecular formula is C29H21ClN4O3S. The maximum absolute atomic E-state index is 13.3. The van der Waals surface area contributed by atoms with Crippen molar-refractivity contribution in [2.24, 2.45) is 5.10 Å². The summed E-state index contributed by atoms with van der Waals surface area (Å²) in [6.45, 7) is 0. The lowest BCUT2D eigenvalue weighted by Crippen LogP contribution is -2.24. The molecule has 0 spiro atoms. The van der Waals surface area contributed by atoms with Gasteiger partial charge in [-0.1, -0.05) is 65.8 Å². The average molecular weight is 541 g/mol. The number of nitrogens with zero attached hydrogens (tertiary/aromatic N) is 3. The van der Waals surface area contributed by atoms with Gasteiger partial charge in [0.1, 0.15) is 11.5 Å². The summed E-state index contributed by atoms with van der Waals surface area (Å²) in [7, 11) is 0. The van der Waals surface area contributed by atoms with Crippen LogP contribution in [0, 0.1) is 0 Å². The van der Waals surface area contributed by atoms with Gasteiger partial charge in [-0.3, -0.25) is 14.2 Å². The number of carbonyl (C=O) groups excluding carboxylic acids is 1. The largest absolute Gasteiger partial charge is 0.457 e. The molecule has 0 saturated heterocycles. The predicted molar refractivity (Wildman–Crippen MR) is 152 cm³/mol. The fraction of sp³-hybridized carbons (Fsp3) is 0.0345. The van der Waals surface area contributed by atoms with Gasteiger partial charge in [0.15, 0.2) is 5.16 Å². The Kier molecular flexibility index (Phi) is 7.82. The van der Waals surface area contributed by atoms with Crippen molar-refractivity contribution < 1.29 is 9.53 Å². The highest BCUT2D eigenvalue weighted by atomic mass is 35.5. The highest BCUT2D eigenvalue weighted by molar-refractivity contribution is 7.99. The van der Waals surface area contributed by atoms with Gasteiger partial charge in [-0.15, -0.1) is 0 Å². The van der Waals surface area contributed by atoms with Crippen molar-refractivity contribution in [1.82, 2.24) is 15.0 Å². The van der Waals surface area contributed by atoms with E-state index in [2.05, 4.69) is 15.5 Å². The molecule has 5 aromatic rings. The predicted octanol–water partition coefficient (Wildman–Crippen LogP) is 6.07. The first-order chi connectivity index (χ1) is 18.6. The highest BCUT2D eigenvalue weighted by Gasteiger charge is 2.14. The van der Waals surface area contributed by atoms with Gasteiger partial charge in [-0.25, -0.2) is 10.4 Å². The lowest BCUT2D eigenvalue weighted by molar-refractivity contribution is -0.118. The summed E-state index contributed by atoms with van der Waals surface area (Å²) >= 11 is 7.18. The van der Waals surface area contributed by atoms with Crippen LogP contribution < -0.4 is 15.7 Å². The van der Waals surface area contributed by atoms with Gasteiger partial charge in [0.25, 0.3) is 11.5 Å². The number of halogens is 1. The zero-order chi connectivity index (χ0) is 26.3. The summed E-state index contributed by atoms with van der Waals surface area (Å²) in [6.07, 6.45) is 1.54. The van der Waals surface area contributed by atoms with Crippen molar-refractivity contribution in [3.05, 3.63) is 124 Å². The van der Waals surface area contributed by atoms with E-state index in [9.17, 15) is 9.59 Å². The zero-order valence-corrected chi connectivity index (χ0v) is 21.5. The van der Waals surface area contributed by atoms with Crippen LogP contribution in [-0.2, 0) is 4.79 Å². The van der Waals surface area contributed by atoms with Crippen molar-refractivity contribution in [1.29, 1.82) is 0 Å². The van der Waals surface area contributed by atoms with Crippen molar-refractivity contribution in [2.75, 3.05) is 5.75 Å². The first-order valence-corrected chi connectivity index (χ1v) is 13.0. The van der Waals surface area contributed by atoms with Crippen LogP contribution in [0.5, 0.6) is 11.5 Å². The standard InChI is InChI=1S/C29H21ClN4O3S/c30-21-13-15-22(16-14-21)34-28(36)25-11-4-5-12-26(25)32-29(34)38-19-27(35)33-31-18-20-7-6-10-24(17-20)37-23-8-2-1-3-9-23/h1-18H,19H2,(H,33,35)/b31-18-. The monoisotopic (exact) mass is 540 g/mol. The van der Waals surface area contributed by atoms with Gasteiger partial charge in [0.05, 0.1) is 28.6 Å². The Morgan fingerprint density at radius 2 is 1.68 bits per heavy atom. The van der Waals surface area contributed by atoms with E-state index >= 15 is 0 Å². The lowest BCUT2D eigenvalue weighted by Gasteiger charge is -2.13. The molecule has 0 unspecified atom stereocenters. The average Bonchev–Trinajstić information content (AvgIpc) is 2.93. The molecule has 0 aliphatic carbocycles. The van der Waals surface area contributed by atoms with Crippen LogP contribution in [0.4, 0.5) is 0 Å². The second-order valence-corrected chi connectivity index (χ2v) is 9.48. The molecule has 0 fully saturated rings. The van der Waals surface area contributed by atoms with Crippen LogP contribution in [0.3, 0.4) is 0 Å². The molecule has 5 rings (SSSR count). The number of fused-ring (bicyclic) bond motifs is 1. The van der Waals surface area contributed by atoms with E-state index in [1.165, 1.54) is 4.57 Å². The molecule has 0 aliphatic rings. The van der Waals surface area contributed by atoms with Crippen LogP contribution in [0.1, 0.15) is 5.56 Å². The third-order valence-electron chi connectivity index (χ3n) is 5.40. The SMILES string of the molecule is O=C(CSc1nc2ccccc2c(=O)n1-c1ccc(Cl)cc1)N/N=C\c1cccc(Oc2ccccc2)c1. The minimum Gasteiger partial charge on any atom is -0.457 e. The Labute approximate surface area is 227 Å². The van der Waals surface area contributed by atoms with Gasteiger partial charge in [-0.2, -0.15) is 5.10 Å². The van der Waals surface area contributed by atoms with E-state index in [1.807, 2.05) is 60.7 Å². The summed E-state index contributed by atoms with van der Waals surface area (Å²) in [5.41, 5.74) is 4.23. The highest BCUT2D eigenvalue weighted by Crippen LogP contribution is 2.23. The van der Waals surface area contributed by atoms with Gasteiger partial charge in [-0.05, 0) is 66.2 Å². The number of thioether (sulfide) groups is 1. The quantitative estimate of drug-likeness (QED) is 0.112. The van der Waals surface area contributed by atoms with Crippen molar-refractivity contribution in [2.45, 2.75) is 5.16 Å². The summed E-state index contributed by atoms with van der Waals surface area (Å²) in [6, 6.07) is 30.8. The first-order valence-electron chi connectivity index (χ1n) is 11.6. The number of aromatic nitrogens is 2. The number of ether oxygens (including phenoxy) is 1. The molecule has 0 aliphatic heterocycles. The Morgan fingerprint density at radius 1 is 0.947 bits per heavy atom. The van der Waals surface area contributed by atoms with E-state index in [-0.39, 0.29) is 17.2 Å². The number of carbonyl (C=O) groups is 1. The molecule has 4 aromatic carbocycles. The number of rotatable bonds is 8. The Balaban J connectivity index is 1.28. The smallest absolute Gasteiger partial charge is 0.266 e. The van der Waals surface area contributed by atoms with Crippen molar-refractivity contribution in [3.8, 4) is 17.2 Å². The summed E-state index contributed by atoms with van der Waals surface area (Å²) in [5.74, 6) is 1.05. The number of benzene rings is 4. The number of amides is 1. The van der Waals surface area contributed by atoms with Crippen LogP contribution in [0.2, 0.25) is 5.02 Å². The van der Waals surface area contributed by atoms with Gasteiger partial charge < -0.3 is 4.74 Å². The molecule has 0 radical (unpaired) electrons. The van der Waals surface area contributed by atoms with Crippen molar-refractivity contribution >= 4 is 46.4 Å². The Hall–Kier alpha value is -4.40. The summed E-state index contributed by atoms with van der Waals surface area (Å²) in [4.78, 5) is 30.5. The van der Waals surface area contributed by atoms with E-state index in [1.54, 1.807) is 48.7 Å². The Morgan fingerprint density at radius 3 is 2.50 bits per heavy atom. The van der Waals surface area contributed by atoms with Crippen LogP contribution in [-0.4, -0.2) is 27.4 Å². The van der Waals surface area contributed by atoms with E-state index in [0.717, 1.165) is 23.1 Å². The number of hydrogen-bond donors (Lipinski definition) is 1. The first kappa shape index (κ1) is 25.3. The molecular weight excluding hydrogens is 520 g/mol. The molecule has 188 valence electrons. The molecule has 0 bridgehead atoms. The maximum Gasteiger partial charge on any atom is 0.266 e. The maximum atomic E-state index is 13.3. The van der Waals surface area contributed by atoms with Crippen LogP contribution in [0.15, 0.2) is 118 Å². The summed E-state index contributed by atoms with van der Waals surface area (Å²) in [5, 5.41) is 5.49. The minimum absolute atomic E-state index is 0.00681. The van der Waals surface area contributed by atoms with Gasteiger partial charge >= 0.3 is 0 Å². The van der Waals surface area contributed by atoms with Crippen molar-refractivity contribution in [3.63, 3.8) is 0 Å². The molecule has 1 aromatic heterocycles. The number of hydrazone groups is 1. The molecule has 1 N–H and O–H groups in total. The van der Waals surface area contributed by atoms with E-state index < -0.39 is 0 Å². The second-order valence-electron chi connectivity index (χ2n) is 8.10.